The van der Waals surface area contributed by atoms with Crippen LogP contribution >= 0.6 is 0 Å². The summed E-state index contributed by atoms with van der Waals surface area (Å²) in [4.78, 5) is 24.3. The number of para-hydroxylation sites is 1. The van der Waals surface area contributed by atoms with E-state index in [1.807, 2.05) is 25.1 Å². The third kappa shape index (κ3) is 3.88. The minimum atomic E-state index is -0.0106. The molecule has 3 heterocycles. The Kier molecular flexibility index (Phi) is 5.32. The molecule has 1 amide bonds. The minimum absolute atomic E-state index is 0.0106. The molecule has 1 aliphatic carbocycles. The molecular formula is C25H28N4O2. The lowest BCUT2D eigenvalue weighted by Crippen LogP contribution is -2.39. The number of carbonyl (C=O) groups excluding carboxylic acids is 1. The van der Waals surface area contributed by atoms with Crippen LogP contribution in [0.25, 0.3) is 10.9 Å². The van der Waals surface area contributed by atoms with E-state index in [9.17, 15) is 4.79 Å². The molecule has 2 aromatic heterocycles. The monoisotopic (exact) mass is 416 g/mol. The second-order valence-electron chi connectivity index (χ2n) is 8.73. The van der Waals surface area contributed by atoms with Gasteiger partial charge in [-0.2, -0.15) is 0 Å². The number of methoxy groups -OCH3 is 1. The molecule has 1 saturated carbocycles. The van der Waals surface area contributed by atoms with Gasteiger partial charge in [-0.1, -0.05) is 18.2 Å². The summed E-state index contributed by atoms with van der Waals surface area (Å²) in [5.41, 5.74) is 3.63. The average molecular weight is 417 g/mol. The molecule has 0 bridgehead atoms. The van der Waals surface area contributed by atoms with E-state index in [4.69, 9.17) is 9.72 Å². The van der Waals surface area contributed by atoms with E-state index >= 15 is 0 Å². The lowest BCUT2D eigenvalue weighted by Gasteiger charge is -2.24. The molecule has 1 saturated heterocycles. The molecule has 5 rings (SSSR count). The number of ether oxygens (including phenoxy) is 1. The largest absolute Gasteiger partial charge is 0.494 e. The normalized spacial score (nSPS) is 23.1. The molecule has 3 aromatic rings. The van der Waals surface area contributed by atoms with Gasteiger partial charge in [-0.3, -0.25) is 14.7 Å². The maximum absolute atomic E-state index is 12.7. The molecule has 0 spiro atoms. The summed E-state index contributed by atoms with van der Waals surface area (Å²) in [7, 11) is 1.69. The molecular weight excluding hydrogens is 388 g/mol. The van der Waals surface area contributed by atoms with Gasteiger partial charge in [-0.05, 0) is 62.4 Å². The van der Waals surface area contributed by atoms with Gasteiger partial charge >= 0.3 is 0 Å². The number of amides is 1. The first-order chi connectivity index (χ1) is 15.1. The van der Waals surface area contributed by atoms with Gasteiger partial charge in [0.1, 0.15) is 11.3 Å². The van der Waals surface area contributed by atoms with Crippen molar-refractivity contribution in [3.8, 4) is 5.75 Å². The maximum Gasteiger partial charge on any atom is 0.253 e. The van der Waals surface area contributed by atoms with Gasteiger partial charge in [0.05, 0.1) is 18.4 Å². The summed E-state index contributed by atoms with van der Waals surface area (Å²) in [6.45, 7) is 3.83. The van der Waals surface area contributed by atoms with E-state index in [1.54, 1.807) is 19.5 Å². The molecule has 6 heteroatoms. The summed E-state index contributed by atoms with van der Waals surface area (Å²) in [6.07, 6.45) is 6.66. The van der Waals surface area contributed by atoms with E-state index in [0.29, 0.717) is 17.5 Å². The second kappa shape index (κ2) is 8.27. The van der Waals surface area contributed by atoms with Gasteiger partial charge in [-0.25, -0.2) is 4.98 Å². The Bertz CT molecular complexity index is 1120. The molecule has 1 aliphatic heterocycles. The zero-order valence-corrected chi connectivity index (χ0v) is 18.0. The van der Waals surface area contributed by atoms with Gasteiger partial charge in [0.15, 0.2) is 0 Å². The highest BCUT2D eigenvalue weighted by atomic mass is 16.5. The number of likely N-dealkylation sites (tertiary alicyclic amines) is 1. The van der Waals surface area contributed by atoms with E-state index in [0.717, 1.165) is 60.3 Å². The number of hydrogen-bond acceptors (Lipinski definition) is 5. The van der Waals surface area contributed by atoms with Crippen LogP contribution in [0.3, 0.4) is 0 Å². The third-order valence-electron chi connectivity index (χ3n) is 6.78. The highest BCUT2D eigenvalue weighted by Crippen LogP contribution is 2.39. The number of pyridine rings is 2. The number of hydrogen-bond donors (Lipinski definition) is 1. The van der Waals surface area contributed by atoms with Gasteiger partial charge in [-0.15, -0.1) is 0 Å². The first-order valence-electron chi connectivity index (χ1n) is 11.0. The predicted molar refractivity (Wildman–Crippen MR) is 120 cm³/mol. The lowest BCUT2D eigenvalue weighted by atomic mass is 9.99. The van der Waals surface area contributed by atoms with Crippen LogP contribution < -0.4 is 10.1 Å². The molecule has 31 heavy (non-hydrogen) atoms. The SMILES string of the molecule is COc1cccc2ccc(CN3CC[C@H]4[C@@H](NC(=O)c5cncc(C)c5)CC[C@H]43)nc12. The number of rotatable bonds is 5. The molecule has 2 aliphatic rings. The van der Waals surface area contributed by atoms with Crippen molar-refractivity contribution < 1.29 is 9.53 Å². The second-order valence-corrected chi connectivity index (χ2v) is 8.73. The zero-order valence-electron chi connectivity index (χ0n) is 18.0. The Morgan fingerprint density at radius 1 is 1.19 bits per heavy atom. The maximum atomic E-state index is 12.7. The number of nitrogens with one attached hydrogen (secondary N) is 1. The standard InChI is InChI=1S/C25H28N4O2/c1-16-12-18(14-26-13-16)25(30)28-21-8-9-22-20(21)10-11-29(22)15-19-7-6-17-4-3-5-23(31-2)24(17)27-19/h3-7,12-14,20-22H,8-11,15H2,1-2H3,(H,28,30)/t20-,21-,22+/m0/s1. The minimum Gasteiger partial charge on any atom is -0.494 e. The van der Waals surface area contributed by atoms with E-state index in [-0.39, 0.29) is 11.9 Å². The van der Waals surface area contributed by atoms with Gasteiger partial charge in [0.25, 0.3) is 5.91 Å². The van der Waals surface area contributed by atoms with Crippen molar-refractivity contribution in [3.05, 3.63) is 65.6 Å². The lowest BCUT2D eigenvalue weighted by molar-refractivity contribution is 0.0926. The number of nitrogens with zero attached hydrogens (tertiary/aromatic N) is 3. The third-order valence-corrected chi connectivity index (χ3v) is 6.78. The first kappa shape index (κ1) is 19.9. The number of benzene rings is 1. The highest BCUT2D eigenvalue weighted by molar-refractivity contribution is 5.94. The summed E-state index contributed by atoms with van der Waals surface area (Å²) >= 11 is 0. The topological polar surface area (TPSA) is 67.3 Å². The molecule has 2 fully saturated rings. The van der Waals surface area contributed by atoms with Crippen LogP contribution in [0.15, 0.2) is 48.8 Å². The molecule has 0 radical (unpaired) electrons. The Labute approximate surface area is 182 Å². The summed E-state index contributed by atoms with van der Waals surface area (Å²) < 4.78 is 5.50. The van der Waals surface area contributed by atoms with Crippen LogP contribution in [0.2, 0.25) is 0 Å². The van der Waals surface area contributed by atoms with Crippen LogP contribution in [0.4, 0.5) is 0 Å². The number of aromatic nitrogens is 2. The molecule has 0 unspecified atom stereocenters. The molecule has 1 N–H and O–H groups in total. The average Bonchev–Trinajstić information content (AvgIpc) is 3.36. The Hall–Kier alpha value is -2.99. The smallest absolute Gasteiger partial charge is 0.253 e. The van der Waals surface area contributed by atoms with E-state index in [1.165, 1.54) is 0 Å². The Morgan fingerprint density at radius 2 is 2.10 bits per heavy atom. The van der Waals surface area contributed by atoms with Crippen LogP contribution in [0, 0.1) is 12.8 Å². The predicted octanol–water partition coefficient (Wildman–Crippen LogP) is 3.73. The summed E-state index contributed by atoms with van der Waals surface area (Å²) in [6, 6.07) is 12.9. The number of fused-ring (bicyclic) bond motifs is 2. The number of carbonyl (C=O) groups is 1. The fraction of sp³-hybridized carbons (Fsp3) is 0.400. The fourth-order valence-electron chi connectivity index (χ4n) is 5.30. The van der Waals surface area contributed by atoms with E-state index in [2.05, 4.69) is 33.4 Å². The molecule has 3 atom stereocenters. The Morgan fingerprint density at radius 3 is 2.94 bits per heavy atom. The van der Waals surface area contributed by atoms with Crippen molar-refractivity contribution in [2.45, 2.75) is 44.8 Å². The van der Waals surface area contributed by atoms with Crippen molar-refractivity contribution in [1.29, 1.82) is 0 Å². The van der Waals surface area contributed by atoms with Crippen LogP contribution in [0.1, 0.15) is 40.9 Å². The molecule has 1 aromatic carbocycles. The van der Waals surface area contributed by atoms with Crippen molar-refractivity contribution in [1.82, 2.24) is 20.2 Å². The van der Waals surface area contributed by atoms with Crippen molar-refractivity contribution in [2.24, 2.45) is 5.92 Å². The fourth-order valence-corrected chi connectivity index (χ4v) is 5.30. The number of aryl methyl sites for hydroxylation is 1. The van der Waals surface area contributed by atoms with Crippen LogP contribution in [-0.4, -0.2) is 46.5 Å². The molecule has 160 valence electrons. The highest BCUT2D eigenvalue weighted by Gasteiger charge is 2.44. The summed E-state index contributed by atoms with van der Waals surface area (Å²) in [5, 5.41) is 4.37. The van der Waals surface area contributed by atoms with E-state index < -0.39 is 0 Å². The van der Waals surface area contributed by atoms with Crippen LogP contribution in [-0.2, 0) is 6.54 Å². The van der Waals surface area contributed by atoms with Gasteiger partial charge in [0, 0.05) is 36.4 Å². The van der Waals surface area contributed by atoms with Crippen molar-refractivity contribution >= 4 is 16.8 Å². The van der Waals surface area contributed by atoms with Crippen LogP contribution in [0.5, 0.6) is 5.75 Å². The van der Waals surface area contributed by atoms with Gasteiger partial charge in [0.2, 0.25) is 0 Å². The zero-order chi connectivity index (χ0) is 21.4. The summed E-state index contributed by atoms with van der Waals surface area (Å²) in [5.74, 6) is 1.30. The van der Waals surface area contributed by atoms with Crippen molar-refractivity contribution in [2.75, 3.05) is 13.7 Å². The molecule has 6 nitrogen and oxygen atoms in total. The quantitative estimate of drug-likeness (QED) is 0.686. The van der Waals surface area contributed by atoms with Gasteiger partial charge < -0.3 is 10.1 Å². The first-order valence-corrected chi connectivity index (χ1v) is 11.0. The Balaban J connectivity index is 1.27. The van der Waals surface area contributed by atoms with Crippen molar-refractivity contribution in [3.63, 3.8) is 0 Å².